The van der Waals surface area contributed by atoms with E-state index in [9.17, 15) is 0 Å². The van der Waals surface area contributed by atoms with Gasteiger partial charge in [0.1, 0.15) is 5.82 Å². The monoisotopic (exact) mass is 202 g/mol. The van der Waals surface area contributed by atoms with Gasteiger partial charge in [-0.15, -0.1) is 0 Å². The van der Waals surface area contributed by atoms with E-state index in [2.05, 4.69) is 17.0 Å². The molecule has 15 heavy (non-hydrogen) atoms. The van der Waals surface area contributed by atoms with Crippen LogP contribution in [0, 0.1) is 13.8 Å². The number of hydrogen-bond donors (Lipinski definition) is 1. The lowest BCUT2D eigenvalue weighted by atomic mass is 10.2. The van der Waals surface area contributed by atoms with E-state index in [0.29, 0.717) is 12.4 Å². The van der Waals surface area contributed by atoms with Crippen molar-refractivity contribution in [2.75, 3.05) is 5.73 Å². The van der Waals surface area contributed by atoms with E-state index in [4.69, 9.17) is 5.73 Å². The zero-order chi connectivity index (χ0) is 10.8. The molecule has 0 aromatic carbocycles. The van der Waals surface area contributed by atoms with Gasteiger partial charge in [0.05, 0.1) is 12.2 Å². The van der Waals surface area contributed by atoms with Crippen molar-refractivity contribution in [3.8, 4) is 0 Å². The summed E-state index contributed by atoms with van der Waals surface area (Å²) in [6.07, 6.45) is 3.64. The summed E-state index contributed by atoms with van der Waals surface area (Å²) in [7, 11) is 0. The molecular weight excluding hydrogens is 188 g/mol. The molecule has 0 aliphatic carbocycles. The minimum atomic E-state index is 0.680. The molecule has 0 aliphatic heterocycles. The van der Waals surface area contributed by atoms with Crippen LogP contribution < -0.4 is 5.73 Å². The Morgan fingerprint density at radius 1 is 1.40 bits per heavy atom. The van der Waals surface area contributed by atoms with Crippen molar-refractivity contribution >= 4 is 5.82 Å². The predicted octanol–water partition coefficient (Wildman–Crippen LogP) is 1.53. The van der Waals surface area contributed by atoms with Gasteiger partial charge in [-0.25, -0.2) is 4.68 Å². The van der Waals surface area contributed by atoms with Crippen LogP contribution in [0.1, 0.15) is 16.8 Å². The number of nitrogens with zero attached hydrogens (tertiary/aromatic N) is 3. The summed E-state index contributed by atoms with van der Waals surface area (Å²) in [5.41, 5.74) is 9.11. The first-order valence-electron chi connectivity index (χ1n) is 4.86. The van der Waals surface area contributed by atoms with Crippen LogP contribution in [0.4, 0.5) is 5.82 Å². The maximum Gasteiger partial charge on any atom is 0.122 e. The van der Waals surface area contributed by atoms with Gasteiger partial charge in [-0.1, -0.05) is 0 Å². The van der Waals surface area contributed by atoms with Gasteiger partial charge in [0.2, 0.25) is 0 Å². The fourth-order valence-electron chi connectivity index (χ4n) is 1.52. The molecule has 0 bridgehead atoms. The lowest BCUT2D eigenvalue weighted by molar-refractivity contribution is 0.684. The Balaban J connectivity index is 2.29. The molecule has 2 N–H and O–H groups in total. The standard InChI is InChI=1S/C11H14N4/c1-8-3-4-13-6-10(8)7-15-11(12)5-9(2)14-15/h3-6H,7,12H2,1-2H3. The Morgan fingerprint density at radius 3 is 2.80 bits per heavy atom. The summed E-state index contributed by atoms with van der Waals surface area (Å²) >= 11 is 0. The average molecular weight is 202 g/mol. The van der Waals surface area contributed by atoms with Crippen molar-refractivity contribution in [3.05, 3.63) is 41.3 Å². The molecular formula is C11H14N4. The molecule has 0 amide bonds. The molecule has 0 fully saturated rings. The SMILES string of the molecule is Cc1cc(N)n(Cc2cnccc2C)n1. The van der Waals surface area contributed by atoms with Gasteiger partial charge in [0.25, 0.3) is 0 Å². The van der Waals surface area contributed by atoms with Gasteiger partial charge in [0, 0.05) is 18.5 Å². The third kappa shape index (κ3) is 1.98. The van der Waals surface area contributed by atoms with Gasteiger partial charge in [-0.3, -0.25) is 4.98 Å². The first kappa shape index (κ1) is 9.71. The fraction of sp³-hybridized carbons (Fsp3) is 0.273. The number of hydrogen-bond acceptors (Lipinski definition) is 3. The van der Waals surface area contributed by atoms with Gasteiger partial charge in [-0.2, -0.15) is 5.10 Å². The molecule has 2 aromatic rings. The molecule has 0 spiro atoms. The van der Waals surface area contributed by atoms with Crippen LogP contribution in [0.2, 0.25) is 0 Å². The summed E-state index contributed by atoms with van der Waals surface area (Å²) in [5.74, 6) is 0.691. The molecule has 4 nitrogen and oxygen atoms in total. The van der Waals surface area contributed by atoms with Gasteiger partial charge in [0.15, 0.2) is 0 Å². The Labute approximate surface area is 88.8 Å². The van der Waals surface area contributed by atoms with Crippen molar-refractivity contribution in [3.63, 3.8) is 0 Å². The predicted molar refractivity (Wildman–Crippen MR) is 59.5 cm³/mol. The third-order valence-corrected chi connectivity index (χ3v) is 2.40. The summed E-state index contributed by atoms with van der Waals surface area (Å²) in [6.45, 7) is 4.67. The number of anilines is 1. The van der Waals surface area contributed by atoms with Crippen LogP contribution >= 0.6 is 0 Å². The number of rotatable bonds is 2. The van der Waals surface area contributed by atoms with Gasteiger partial charge >= 0.3 is 0 Å². The second kappa shape index (κ2) is 3.73. The highest BCUT2D eigenvalue weighted by atomic mass is 15.3. The third-order valence-electron chi connectivity index (χ3n) is 2.40. The zero-order valence-corrected chi connectivity index (χ0v) is 8.94. The second-order valence-electron chi connectivity index (χ2n) is 3.67. The molecule has 2 aromatic heterocycles. The second-order valence-corrected chi connectivity index (χ2v) is 3.67. The lowest BCUT2D eigenvalue weighted by Crippen LogP contribution is -2.07. The van der Waals surface area contributed by atoms with Crippen molar-refractivity contribution in [1.82, 2.24) is 14.8 Å². The molecule has 0 atom stereocenters. The molecule has 0 aliphatic rings. The number of aromatic nitrogens is 3. The van der Waals surface area contributed by atoms with Crippen molar-refractivity contribution in [2.24, 2.45) is 0 Å². The molecule has 0 saturated heterocycles. The molecule has 0 radical (unpaired) electrons. The van der Waals surface area contributed by atoms with Gasteiger partial charge in [-0.05, 0) is 31.0 Å². The number of nitrogens with two attached hydrogens (primary N) is 1. The number of aryl methyl sites for hydroxylation is 2. The lowest BCUT2D eigenvalue weighted by Gasteiger charge is -2.06. The summed E-state index contributed by atoms with van der Waals surface area (Å²) in [4.78, 5) is 4.10. The van der Waals surface area contributed by atoms with Crippen molar-refractivity contribution in [1.29, 1.82) is 0 Å². The Hall–Kier alpha value is -1.84. The first-order chi connectivity index (χ1) is 7.16. The highest BCUT2D eigenvalue weighted by Gasteiger charge is 2.04. The minimum absolute atomic E-state index is 0.680. The Kier molecular flexibility index (Phi) is 2.41. The highest BCUT2D eigenvalue weighted by molar-refractivity contribution is 5.32. The molecule has 0 unspecified atom stereocenters. The quantitative estimate of drug-likeness (QED) is 0.803. The van der Waals surface area contributed by atoms with Crippen molar-refractivity contribution in [2.45, 2.75) is 20.4 Å². The first-order valence-corrected chi connectivity index (χ1v) is 4.86. The van der Waals surface area contributed by atoms with E-state index in [1.165, 1.54) is 5.56 Å². The van der Waals surface area contributed by atoms with Crippen molar-refractivity contribution < 1.29 is 0 Å². The fourth-order valence-corrected chi connectivity index (χ4v) is 1.52. The average Bonchev–Trinajstić information content (AvgIpc) is 2.49. The Morgan fingerprint density at radius 2 is 2.20 bits per heavy atom. The largest absolute Gasteiger partial charge is 0.384 e. The summed E-state index contributed by atoms with van der Waals surface area (Å²) in [5, 5.41) is 4.31. The maximum absolute atomic E-state index is 5.82. The van der Waals surface area contributed by atoms with E-state index in [0.717, 1.165) is 11.3 Å². The van der Waals surface area contributed by atoms with Crippen LogP contribution in [-0.4, -0.2) is 14.8 Å². The van der Waals surface area contributed by atoms with Crippen LogP contribution in [0.25, 0.3) is 0 Å². The maximum atomic E-state index is 5.82. The molecule has 0 saturated carbocycles. The summed E-state index contributed by atoms with van der Waals surface area (Å²) in [6, 6.07) is 3.85. The number of pyridine rings is 1. The van der Waals surface area contributed by atoms with E-state index in [1.54, 1.807) is 10.9 Å². The molecule has 2 rings (SSSR count). The number of nitrogen functional groups attached to an aromatic ring is 1. The van der Waals surface area contributed by atoms with Crippen LogP contribution in [0.3, 0.4) is 0 Å². The zero-order valence-electron chi connectivity index (χ0n) is 8.94. The Bertz CT molecular complexity index is 473. The van der Waals surface area contributed by atoms with Crippen LogP contribution in [0.15, 0.2) is 24.5 Å². The topological polar surface area (TPSA) is 56.7 Å². The van der Waals surface area contributed by atoms with E-state index in [-0.39, 0.29) is 0 Å². The smallest absolute Gasteiger partial charge is 0.122 e. The minimum Gasteiger partial charge on any atom is -0.384 e. The van der Waals surface area contributed by atoms with E-state index < -0.39 is 0 Å². The highest BCUT2D eigenvalue weighted by Crippen LogP contribution is 2.11. The van der Waals surface area contributed by atoms with E-state index >= 15 is 0 Å². The normalized spacial score (nSPS) is 10.5. The summed E-state index contributed by atoms with van der Waals surface area (Å²) < 4.78 is 1.79. The van der Waals surface area contributed by atoms with E-state index in [1.807, 2.05) is 25.3 Å². The molecule has 78 valence electrons. The molecule has 4 heteroatoms. The van der Waals surface area contributed by atoms with Gasteiger partial charge < -0.3 is 5.73 Å². The molecule has 2 heterocycles. The van der Waals surface area contributed by atoms with Crippen LogP contribution in [0.5, 0.6) is 0 Å². The van der Waals surface area contributed by atoms with Crippen LogP contribution in [-0.2, 0) is 6.54 Å².